The van der Waals surface area contributed by atoms with E-state index in [0.717, 1.165) is 22.0 Å². The summed E-state index contributed by atoms with van der Waals surface area (Å²) < 4.78 is 27.2. The maximum atomic E-state index is 13.6. The van der Waals surface area contributed by atoms with Crippen molar-refractivity contribution in [3.63, 3.8) is 0 Å². The number of hydrogen-bond donors (Lipinski definition) is 1. The molecule has 3 nitrogen and oxygen atoms in total. The number of nitrogens with one attached hydrogen (secondary N) is 1. The first kappa shape index (κ1) is 17.8. The molecular formula is C22H18ClNO2S. The van der Waals surface area contributed by atoms with Gasteiger partial charge in [-0.25, -0.2) is 8.42 Å². The lowest BCUT2D eigenvalue weighted by Crippen LogP contribution is -2.15. The molecule has 3 aromatic carbocycles. The lowest BCUT2D eigenvalue weighted by Gasteiger charge is -2.18. The minimum absolute atomic E-state index is 0.304. The third-order valence-electron chi connectivity index (χ3n) is 4.74. The molecule has 4 aromatic rings. The van der Waals surface area contributed by atoms with Gasteiger partial charge >= 0.3 is 0 Å². The van der Waals surface area contributed by atoms with E-state index in [1.165, 1.54) is 0 Å². The zero-order valence-corrected chi connectivity index (χ0v) is 16.3. The molecule has 1 atom stereocenters. The minimum atomic E-state index is -3.66. The minimum Gasteiger partial charge on any atom is -0.361 e. The van der Waals surface area contributed by atoms with Crippen molar-refractivity contribution in [3.05, 3.63) is 101 Å². The Kier molecular flexibility index (Phi) is 4.54. The van der Waals surface area contributed by atoms with Gasteiger partial charge in [-0.05, 0) is 42.8 Å². The van der Waals surface area contributed by atoms with E-state index in [1.54, 1.807) is 42.6 Å². The lowest BCUT2D eigenvalue weighted by atomic mass is 10.0. The van der Waals surface area contributed by atoms with Crippen molar-refractivity contribution in [1.29, 1.82) is 0 Å². The molecule has 4 rings (SSSR count). The van der Waals surface area contributed by atoms with E-state index < -0.39 is 15.1 Å². The second-order valence-corrected chi connectivity index (χ2v) is 9.05. The number of hydrogen-bond acceptors (Lipinski definition) is 2. The molecule has 0 fully saturated rings. The summed E-state index contributed by atoms with van der Waals surface area (Å²) >= 11 is 6.03. The molecule has 1 N–H and O–H groups in total. The van der Waals surface area contributed by atoms with Crippen LogP contribution in [-0.4, -0.2) is 13.4 Å². The third-order valence-corrected chi connectivity index (χ3v) is 7.06. The summed E-state index contributed by atoms with van der Waals surface area (Å²) in [7, 11) is -3.66. The summed E-state index contributed by atoms with van der Waals surface area (Å²) in [6, 6.07) is 21.7. The SMILES string of the molecule is Cc1ccc(S(=O)(=O)C(c2ccc(Cl)cc2)c2c[nH]c3ccccc23)cc1. The third kappa shape index (κ3) is 3.27. The predicted molar refractivity (Wildman–Crippen MR) is 110 cm³/mol. The van der Waals surface area contributed by atoms with E-state index >= 15 is 0 Å². The van der Waals surface area contributed by atoms with Crippen LogP contribution in [0.15, 0.2) is 83.9 Å². The molecule has 27 heavy (non-hydrogen) atoms. The summed E-state index contributed by atoms with van der Waals surface area (Å²) in [5.74, 6) is 0. The Balaban J connectivity index is 1.96. The number of rotatable bonds is 4. The standard InChI is InChI=1S/C22H18ClNO2S/c1-15-6-12-18(13-7-15)27(25,26)22(16-8-10-17(23)11-9-16)20-14-24-21-5-3-2-4-19(20)21/h2-14,22,24H,1H3. The van der Waals surface area contributed by atoms with Gasteiger partial charge in [0.1, 0.15) is 5.25 Å². The van der Waals surface area contributed by atoms with Crippen LogP contribution in [0.3, 0.4) is 0 Å². The van der Waals surface area contributed by atoms with Gasteiger partial charge in [0.2, 0.25) is 0 Å². The Morgan fingerprint density at radius 1 is 0.889 bits per heavy atom. The van der Waals surface area contributed by atoms with Crippen LogP contribution in [0.5, 0.6) is 0 Å². The van der Waals surface area contributed by atoms with Crippen molar-refractivity contribution < 1.29 is 8.42 Å². The van der Waals surface area contributed by atoms with Crippen molar-refractivity contribution in [3.8, 4) is 0 Å². The summed E-state index contributed by atoms with van der Waals surface area (Å²) in [6.07, 6.45) is 1.79. The zero-order valence-electron chi connectivity index (χ0n) is 14.7. The largest absolute Gasteiger partial charge is 0.361 e. The molecule has 0 saturated heterocycles. The smallest absolute Gasteiger partial charge is 0.189 e. The highest BCUT2D eigenvalue weighted by molar-refractivity contribution is 7.92. The quantitative estimate of drug-likeness (QED) is 0.482. The van der Waals surface area contributed by atoms with Crippen molar-refractivity contribution in [2.24, 2.45) is 0 Å². The highest BCUT2D eigenvalue weighted by atomic mass is 35.5. The highest BCUT2D eigenvalue weighted by Crippen LogP contribution is 2.38. The number of halogens is 1. The van der Waals surface area contributed by atoms with E-state index in [4.69, 9.17) is 11.6 Å². The molecule has 0 amide bonds. The Hall–Kier alpha value is -2.56. The fourth-order valence-electron chi connectivity index (χ4n) is 3.34. The number of benzene rings is 3. The second-order valence-electron chi connectivity index (χ2n) is 6.58. The average Bonchev–Trinajstić information content (AvgIpc) is 3.08. The number of aromatic nitrogens is 1. The van der Waals surface area contributed by atoms with Gasteiger partial charge in [-0.15, -0.1) is 0 Å². The van der Waals surface area contributed by atoms with E-state index in [0.29, 0.717) is 15.5 Å². The van der Waals surface area contributed by atoms with Crippen molar-refractivity contribution in [2.75, 3.05) is 0 Å². The molecule has 1 heterocycles. The molecule has 0 spiro atoms. The van der Waals surface area contributed by atoms with Gasteiger partial charge in [-0.1, -0.05) is 59.6 Å². The maximum Gasteiger partial charge on any atom is 0.189 e. The maximum absolute atomic E-state index is 13.6. The van der Waals surface area contributed by atoms with Crippen molar-refractivity contribution in [2.45, 2.75) is 17.1 Å². The second kappa shape index (κ2) is 6.87. The zero-order chi connectivity index (χ0) is 19.0. The molecule has 0 aliphatic carbocycles. The number of aromatic amines is 1. The fourth-order valence-corrected chi connectivity index (χ4v) is 5.30. The number of para-hydroxylation sites is 1. The number of fused-ring (bicyclic) bond motifs is 1. The van der Waals surface area contributed by atoms with E-state index in [-0.39, 0.29) is 0 Å². The Morgan fingerprint density at radius 3 is 2.26 bits per heavy atom. The molecule has 0 saturated carbocycles. The van der Waals surface area contributed by atoms with Gasteiger partial charge in [0.05, 0.1) is 4.90 Å². The van der Waals surface area contributed by atoms with Gasteiger partial charge in [0, 0.05) is 27.7 Å². The first-order valence-corrected chi connectivity index (χ1v) is 10.5. The van der Waals surface area contributed by atoms with E-state index in [2.05, 4.69) is 4.98 Å². The van der Waals surface area contributed by atoms with Gasteiger partial charge < -0.3 is 4.98 Å². The molecule has 136 valence electrons. The van der Waals surface area contributed by atoms with Crippen LogP contribution >= 0.6 is 11.6 Å². The first-order chi connectivity index (χ1) is 13.0. The van der Waals surface area contributed by atoms with Gasteiger partial charge in [0.25, 0.3) is 0 Å². The first-order valence-electron chi connectivity index (χ1n) is 8.59. The lowest BCUT2D eigenvalue weighted by molar-refractivity contribution is 0.589. The van der Waals surface area contributed by atoms with Gasteiger partial charge in [-0.3, -0.25) is 0 Å². The van der Waals surface area contributed by atoms with E-state index in [1.807, 2.05) is 43.3 Å². The summed E-state index contributed by atoms with van der Waals surface area (Å²) in [6.45, 7) is 1.94. The number of aryl methyl sites for hydroxylation is 1. The van der Waals surface area contributed by atoms with Crippen LogP contribution in [0.1, 0.15) is 21.9 Å². The topological polar surface area (TPSA) is 49.9 Å². The molecule has 0 aliphatic rings. The van der Waals surface area contributed by atoms with Crippen LogP contribution in [0.4, 0.5) is 0 Å². The van der Waals surface area contributed by atoms with Crippen molar-refractivity contribution >= 4 is 32.3 Å². The van der Waals surface area contributed by atoms with E-state index in [9.17, 15) is 8.42 Å². The molecular weight excluding hydrogens is 378 g/mol. The fraction of sp³-hybridized carbons (Fsp3) is 0.0909. The number of H-pyrrole nitrogens is 1. The molecule has 0 aliphatic heterocycles. The normalized spacial score (nSPS) is 13.0. The summed E-state index contributed by atoms with van der Waals surface area (Å²) in [5.41, 5.74) is 3.34. The predicted octanol–water partition coefficient (Wildman–Crippen LogP) is 5.69. The Morgan fingerprint density at radius 2 is 1.56 bits per heavy atom. The molecule has 1 unspecified atom stereocenters. The molecule has 0 bridgehead atoms. The molecule has 0 radical (unpaired) electrons. The summed E-state index contributed by atoms with van der Waals surface area (Å²) in [4.78, 5) is 3.50. The monoisotopic (exact) mass is 395 g/mol. The van der Waals surface area contributed by atoms with Crippen LogP contribution in [-0.2, 0) is 9.84 Å². The van der Waals surface area contributed by atoms with Crippen LogP contribution in [0.2, 0.25) is 5.02 Å². The number of sulfone groups is 1. The Labute approximate surface area is 163 Å². The van der Waals surface area contributed by atoms with Crippen LogP contribution in [0, 0.1) is 6.92 Å². The van der Waals surface area contributed by atoms with Crippen LogP contribution in [0.25, 0.3) is 10.9 Å². The van der Waals surface area contributed by atoms with Crippen molar-refractivity contribution in [1.82, 2.24) is 4.98 Å². The van der Waals surface area contributed by atoms with Gasteiger partial charge in [-0.2, -0.15) is 0 Å². The Bertz CT molecular complexity index is 1190. The average molecular weight is 396 g/mol. The van der Waals surface area contributed by atoms with Gasteiger partial charge in [0.15, 0.2) is 9.84 Å². The molecule has 1 aromatic heterocycles. The summed E-state index contributed by atoms with van der Waals surface area (Å²) in [5, 5.41) is 0.644. The highest BCUT2D eigenvalue weighted by Gasteiger charge is 2.32. The molecule has 5 heteroatoms. The van der Waals surface area contributed by atoms with Crippen LogP contribution < -0.4 is 0 Å².